The van der Waals surface area contributed by atoms with Gasteiger partial charge in [-0.1, -0.05) is 83.9 Å². The molecule has 6 nitrogen and oxygen atoms in total. The summed E-state index contributed by atoms with van der Waals surface area (Å²) in [5.41, 5.74) is 11.8. The molecule has 230 valence electrons. The minimum atomic E-state index is -0.327. The van der Waals surface area contributed by atoms with Crippen LogP contribution in [-0.4, -0.2) is 22.6 Å². The Hall–Kier alpha value is -5.04. The smallest absolute Gasteiger partial charge is 0.337 e. The summed E-state index contributed by atoms with van der Waals surface area (Å²) in [7, 11) is 1.39. The maximum Gasteiger partial charge on any atom is 0.337 e. The number of hydrogen-bond acceptors (Lipinski definition) is 5. The van der Waals surface area contributed by atoms with E-state index < -0.39 is 0 Å². The summed E-state index contributed by atoms with van der Waals surface area (Å²) < 4.78 is 12.9. The van der Waals surface area contributed by atoms with Crippen LogP contribution >= 0.6 is 23.2 Å². The van der Waals surface area contributed by atoms with Gasteiger partial charge in [-0.25, -0.2) is 9.78 Å². The molecule has 4 aromatic carbocycles. The molecule has 1 aliphatic carbocycles. The first-order valence-electron chi connectivity index (χ1n) is 14.8. The molecule has 1 aromatic heterocycles. The highest BCUT2D eigenvalue weighted by atomic mass is 35.5. The minimum absolute atomic E-state index is 0.186. The lowest BCUT2D eigenvalue weighted by atomic mass is 9.96. The Kier molecular flexibility index (Phi) is 9.38. The Bertz CT molecular complexity index is 1940. The Labute approximate surface area is 278 Å². The van der Waals surface area contributed by atoms with Gasteiger partial charge in [0.25, 0.3) is 0 Å². The quantitative estimate of drug-likeness (QED) is 0.127. The fourth-order valence-corrected chi connectivity index (χ4v) is 5.71. The number of methoxy groups -OCH3 is 1. The average molecular weight is 649 g/mol. The van der Waals surface area contributed by atoms with Crippen LogP contribution in [0.3, 0.4) is 0 Å². The molecular formula is C38H31Cl2N3O3. The van der Waals surface area contributed by atoms with Crippen molar-refractivity contribution in [1.82, 2.24) is 9.55 Å². The number of carbonyl (C=O) groups excluding carboxylic acids is 1. The van der Waals surface area contributed by atoms with E-state index in [4.69, 9.17) is 43.4 Å². The zero-order chi connectivity index (χ0) is 32.0. The van der Waals surface area contributed by atoms with E-state index >= 15 is 0 Å². The van der Waals surface area contributed by atoms with Crippen LogP contribution in [0.5, 0.6) is 11.5 Å². The molecule has 0 bridgehead atoms. The fourth-order valence-electron chi connectivity index (χ4n) is 5.20. The topological polar surface area (TPSA) is 79.4 Å². The van der Waals surface area contributed by atoms with Gasteiger partial charge < -0.3 is 19.8 Å². The molecule has 8 heteroatoms. The Balaban J connectivity index is 1.19. The van der Waals surface area contributed by atoms with E-state index in [1.807, 2.05) is 97.2 Å². The van der Waals surface area contributed by atoms with E-state index in [2.05, 4.69) is 28.8 Å². The lowest BCUT2D eigenvalue weighted by Gasteiger charge is -2.16. The second-order valence-corrected chi connectivity index (χ2v) is 11.8. The summed E-state index contributed by atoms with van der Waals surface area (Å²) in [5.74, 6) is 2.14. The minimum Gasteiger partial charge on any atom is -0.465 e. The van der Waals surface area contributed by atoms with Crippen molar-refractivity contribution in [2.75, 3.05) is 12.8 Å². The van der Waals surface area contributed by atoms with Crippen molar-refractivity contribution in [2.24, 2.45) is 5.92 Å². The van der Waals surface area contributed by atoms with Crippen LogP contribution in [0.2, 0.25) is 10.0 Å². The number of nitrogens with two attached hydrogens (primary N) is 1. The number of ether oxygens (including phenoxy) is 2. The number of benzene rings is 4. The van der Waals surface area contributed by atoms with Crippen molar-refractivity contribution in [1.29, 1.82) is 0 Å². The van der Waals surface area contributed by atoms with Gasteiger partial charge >= 0.3 is 5.97 Å². The van der Waals surface area contributed by atoms with Crippen molar-refractivity contribution in [2.45, 2.75) is 13.0 Å². The fraction of sp³-hybridized carbons (Fsp3) is 0.105. The summed E-state index contributed by atoms with van der Waals surface area (Å²) in [6, 6.07) is 29.1. The largest absolute Gasteiger partial charge is 0.465 e. The number of nitrogen functional groups attached to an aromatic ring is 1. The molecule has 1 atom stereocenters. The Morgan fingerprint density at radius 3 is 2.24 bits per heavy atom. The molecular weight excluding hydrogens is 617 g/mol. The number of anilines is 1. The highest BCUT2D eigenvalue weighted by Crippen LogP contribution is 2.32. The van der Waals surface area contributed by atoms with Gasteiger partial charge in [0.05, 0.1) is 23.4 Å². The number of esters is 1. The molecule has 0 aliphatic heterocycles. The molecule has 0 spiro atoms. The second kappa shape index (κ2) is 13.9. The molecule has 0 radical (unpaired) electrons. The van der Waals surface area contributed by atoms with Crippen molar-refractivity contribution >= 4 is 47.0 Å². The molecule has 6 rings (SSSR count). The van der Waals surface area contributed by atoms with Crippen LogP contribution in [0.1, 0.15) is 17.8 Å². The molecule has 1 unspecified atom stereocenters. The highest BCUT2D eigenvalue weighted by molar-refractivity contribution is 6.36. The first-order chi connectivity index (χ1) is 22.3. The van der Waals surface area contributed by atoms with Crippen LogP contribution in [0.15, 0.2) is 121 Å². The molecule has 46 heavy (non-hydrogen) atoms. The summed E-state index contributed by atoms with van der Waals surface area (Å²) in [6.07, 6.45) is 12.6. The van der Waals surface area contributed by atoms with E-state index in [1.54, 1.807) is 6.07 Å². The normalized spacial score (nSPS) is 14.3. The van der Waals surface area contributed by atoms with E-state index in [-0.39, 0.29) is 11.9 Å². The van der Waals surface area contributed by atoms with Crippen LogP contribution in [0, 0.1) is 5.92 Å². The summed E-state index contributed by atoms with van der Waals surface area (Å²) in [6.45, 7) is 0.677. The Morgan fingerprint density at radius 2 is 1.61 bits per heavy atom. The number of nitrogens with zero attached hydrogens (tertiary/aromatic N) is 2. The molecule has 0 fully saturated rings. The van der Waals surface area contributed by atoms with Gasteiger partial charge in [-0.05, 0) is 89.7 Å². The lowest BCUT2D eigenvalue weighted by molar-refractivity contribution is -0.135. The third kappa shape index (κ3) is 7.42. The highest BCUT2D eigenvalue weighted by Gasteiger charge is 2.17. The Morgan fingerprint density at radius 1 is 0.935 bits per heavy atom. The van der Waals surface area contributed by atoms with Gasteiger partial charge in [0.15, 0.2) is 0 Å². The van der Waals surface area contributed by atoms with E-state index in [9.17, 15) is 4.79 Å². The zero-order valence-corrected chi connectivity index (χ0v) is 26.6. The van der Waals surface area contributed by atoms with Gasteiger partial charge in [0, 0.05) is 29.0 Å². The maximum absolute atomic E-state index is 11.9. The maximum atomic E-state index is 11.9. The number of halogens is 2. The third-order valence-electron chi connectivity index (χ3n) is 7.69. The van der Waals surface area contributed by atoms with Gasteiger partial charge in [-0.15, -0.1) is 0 Å². The standard InChI is InChI=1S/C38H31Cl2N3O3/c1-45-38(44)29-9-4-26(5-10-29)23-43-24-36(34-20-13-30(39)22-35(34)40)42-37(43)21-6-25-2-7-27(8-3-25)28-11-16-32(17-12-28)46-33-18-14-31(41)15-19-33/h2-4,6-22,24,26H,5,23,41H2,1H3/b21-6+. The average Bonchev–Trinajstić information content (AvgIpc) is 3.47. The summed E-state index contributed by atoms with van der Waals surface area (Å²) >= 11 is 12.7. The molecule has 2 N–H and O–H groups in total. The number of imidazole rings is 1. The SMILES string of the molecule is COC(=O)C1=CCC(Cn2cc(-c3ccc(Cl)cc3Cl)nc2/C=C/c2ccc(-c3ccc(Oc4ccc(N)cc4)cc3)cc2)C=C1. The predicted octanol–water partition coefficient (Wildman–Crippen LogP) is 9.74. The van der Waals surface area contributed by atoms with Crippen LogP contribution in [-0.2, 0) is 16.1 Å². The van der Waals surface area contributed by atoms with Crippen molar-refractivity contribution in [3.05, 3.63) is 142 Å². The molecule has 0 amide bonds. The lowest BCUT2D eigenvalue weighted by Crippen LogP contribution is -2.13. The number of rotatable bonds is 9. The van der Waals surface area contributed by atoms with Crippen LogP contribution < -0.4 is 10.5 Å². The van der Waals surface area contributed by atoms with Gasteiger partial charge in [-0.3, -0.25) is 0 Å². The molecule has 1 heterocycles. The predicted molar refractivity (Wildman–Crippen MR) is 187 cm³/mol. The summed E-state index contributed by atoms with van der Waals surface area (Å²) in [4.78, 5) is 16.8. The first kappa shape index (κ1) is 31.0. The van der Waals surface area contributed by atoms with Crippen molar-refractivity contribution in [3.8, 4) is 33.9 Å². The molecule has 5 aromatic rings. The number of carbonyl (C=O) groups is 1. The second-order valence-electron chi connectivity index (χ2n) is 10.9. The van der Waals surface area contributed by atoms with Gasteiger partial charge in [0.1, 0.15) is 17.3 Å². The number of aromatic nitrogens is 2. The molecule has 0 saturated carbocycles. The van der Waals surface area contributed by atoms with E-state index in [0.717, 1.165) is 51.7 Å². The van der Waals surface area contributed by atoms with Crippen molar-refractivity contribution < 1.29 is 14.3 Å². The zero-order valence-electron chi connectivity index (χ0n) is 25.1. The first-order valence-corrected chi connectivity index (χ1v) is 15.5. The van der Waals surface area contributed by atoms with Crippen LogP contribution in [0.25, 0.3) is 34.5 Å². The van der Waals surface area contributed by atoms with Gasteiger partial charge in [0.2, 0.25) is 0 Å². The van der Waals surface area contributed by atoms with E-state index in [0.29, 0.717) is 27.9 Å². The third-order valence-corrected chi connectivity index (χ3v) is 8.24. The van der Waals surface area contributed by atoms with Gasteiger partial charge in [-0.2, -0.15) is 0 Å². The van der Waals surface area contributed by atoms with Crippen LogP contribution in [0.4, 0.5) is 5.69 Å². The molecule has 0 saturated heterocycles. The monoisotopic (exact) mass is 647 g/mol. The number of hydrogen-bond donors (Lipinski definition) is 1. The summed E-state index contributed by atoms with van der Waals surface area (Å²) in [5, 5.41) is 1.11. The van der Waals surface area contributed by atoms with Crippen molar-refractivity contribution in [3.63, 3.8) is 0 Å². The number of allylic oxidation sites excluding steroid dienone is 2. The molecule has 1 aliphatic rings. The van der Waals surface area contributed by atoms with E-state index in [1.165, 1.54) is 7.11 Å².